The lowest BCUT2D eigenvalue weighted by Gasteiger charge is -2.45. The normalized spacial score (nSPS) is 13.3. The van der Waals surface area contributed by atoms with E-state index in [0.29, 0.717) is 0 Å². The fraction of sp³-hybridized carbons (Fsp3) is 0.0571. The Hall–Kier alpha value is -9.30. The van der Waals surface area contributed by atoms with Crippen molar-refractivity contribution in [1.29, 1.82) is 0 Å². The summed E-state index contributed by atoms with van der Waals surface area (Å²) in [7, 11) is 0. The molecule has 0 aliphatic carbocycles. The predicted octanol–water partition coefficient (Wildman–Crippen LogP) is 18.5. The third kappa shape index (κ3) is 5.84. The maximum absolute atomic E-state index is 7.57. The molecule has 0 fully saturated rings. The second-order valence-electron chi connectivity index (χ2n) is 21.8. The first-order chi connectivity index (χ1) is 37.9. The monoisotopic (exact) mass is 1000 g/mol. The summed E-state index contributed by atoms with van der Waals surface area (Å²) in [6.45, 7) is 6.63. The van der Waals surface area contributed by atoms with Gasteiger partial charge in [-0.25, -0.2) is 0 Å². The van der Waals surface area contributed by atoms with Crippen molar-refractivity contribution >= 4 is 155 Å². The van der Waals surface area contributed by atoms with Crippen LogP contribution in [0.25, 0.3) is 108 Å². The van der Waals surface area contributed by atoms with Crippen molar-refractivity contribution in [2.75, 3.05) is 9.80 Å². The van der Waals surface area contributed by atoms with E-state index in [1.807, 2.05) is 11.3 Å². The Morgan fingerprint density at radius 1 is 0.377 bits per heavy atom. The molecule has 11 aromatic carbocycles. The van der Waals surface area contributed by atoms with Gasteiger partial charge in [0.15, 0.2) is 11.2 Å². The van der Waals surface area contributed by atoms with Crippen LogP contribution >= 0.6 is 11.3 Å². The van der Waals surface area contributed by atoms with Crippen molar-refractivity contribution in [2.24, 2.45) is 0 Å². The van der Waals surface area contributed by atoms with Gasteiger partial charge in [-0.15, -0.1) is 11.3 Å². The Bertz CT molecular complexity index is 4700. The van der Waals surface area contributed by atoms with Gasteiger partial charge in [-0.05, 0) is 81.6 Å². The lowest BCUT2D eigenvalue weighted by atomic mass is 9.33. The summed E-state index contributed by atoms with van der Waals surface area (Å²) in [5.74, 6) is 0. The Balaban J connectivity index is 1.16. The van der Waals surface area contributed by atoms with Crippen LogP contribution in [0, 0.1) is 0 Å². The topological polar surface area (TPSA) is 45.9 Å². The van der Waals surface area contributed by atoms with Crippen molar-refractivity contribution in [3.05, 3.63) is 224 Å². The Labute approximate surface area is 447 Å². The van der Waals surface area contributed by atoms with Crippen LogP contribution in [0.2, 0.25) is 0 Å². The molecule has 0 spiro atoms. The largest absolute Gasteiger partial charge is 0.456 e. The highest BCUT2D eigenvalue weighted by Crippen LogP contribution is 2.57. The molecule has 362 valence electrons. The van der Waals surface area contributed by atoms with Gasteiger partial charge in [0.2, 0.25) is 0 Å². The highest BCUT2D eigenvalue weighted by molar-refractivity contribution is 7.28. The summed E-state index contributed by atoms with van der Waals surface area (Å²) in [6.07, 6.45) is 0. The zero-order chi connectivity index (χ0) is 50.8. The van der Waals surface area contributed by atoms with Gasteiger partial charge in [0.1, 0.15) is 22.3 Å². The highest BCUT2D eigenvalue weighted by atomic mass is 32.1. The third-order valence-electron chi connectivity index (χ3n) is 16.6. The summed E-state index contributed by atoms with van der Waals surface area (Å²) in [6, 6.07) is 79.1. The molecule has 15 aromatic rings. The summed E-state index contributed by atoms with van der Waals surface area (Å²) in [4.78, 5) is 5.13. The van der Waals surface area contributed by atoms with Crippen molar-refractivity contribution in [1.82, 2.24) is 0 Å². The molecule has 6 heterocycles. The van der Waals surface area contributed by atoms with E-state index in [4.69, 9.17) is 13.3 Å². The molecule has 0 atom stereocenters. The average Bonchev–Trinajstić information content (AvgIpc) is 3.61. The van der Waals surface area contributed by atoms with Crippen molar-refractivity contribution in [2.45, 2.75) is 26.2 Å². The van der Waals surface area contributed by atoms with E-state index in [-0.39, 0.29) is 12.1 Å². The van der Waals surface area contributed by atoms with Crippen LogP contribution < -0.4 is 26.2 Å². The number of anilines is 6. The number of hydrogen-bond donors (Lipinski definition) is 0. The highest BCUT2D eigenvalue weighted by Gasteiger charge is 2.50. The minimum Gasteiger partial charge on any atom is -0.456 e. The molecule has 2 aliphatic heterocycles. The molecular formula is C70H45BN2O3S. The van der Waals surface area contributed by atoms with Gasteiger partial charge in [0, 0.05) is 80.5 Å². The van der Waals surface area contributed by atoms with E-state index in [0.717, 1.165) is 128 Å². The summed E-state index contributed by atoms with van der Waals surface area (Å²) in [5, 5.41) is 8.86. The molecule has 5 nitrogen and oxygen atoms in total. The van der Waals surface area contributed by atoms with Crippen LogP contribution in [-0.4, -0.2) is 6.71 Å². The number of furan rings is 3. The Kier molecular flexibility index (Phi) is 8.73. The van der Waals surface area contributed by atoms with Gasteiger partial charge in [0.05, 0.1) is 22.7 Å². The number of rotatable bonds is 4. The fourth-order valence-corrected chi connectivity index (χ4v) is 14.6. The maximum Gasteiger partial charge on any atom is 0.259 e. The van der Waals surface area contributed by atoms with Gasteiger partial charge in [-0.3, -0.25) is 0 Å². The average molecular weight is 1010 g/mol. The molecule has 0 unspecified atom stereocenters. The summed E-state index contributed by atoms with van der Waals surface area (Å²) >= 11 is 1.89. The Morgan fingerprint density at radius 2 is 0.792 bits per heavy atom. The van der Waals surface area contributed by atoms with E-state index < -0.39 is 0 Å². The molecule has 0 bridgehead atoms. The predicted molar refractivity (Wildman–Crippen MR) is 325 cm³/mol. The van der Waals surface area contributed by atoms with Crippen LogP contribution in [0.15, 0.2) is 232 Å². The minimum absolute atomic E-state index is 0.279. The van der Waals surface area contributed by atoms with Gasteiger partial charge < -0.3 is 23.1 Å². The first-order valence-corrected chi connectivity index (χ1v) is 27.3. The summed E-state index contributed by atoms with van der Waals surface area (Å²) < 4.78 is 25.1. The zero-order valence-corrected chi connectivity index (χ0v) is 43.2. The number of thiophene rings is 1. The quantitative estimate of drug-likeness (QED) is 0.164. The second kappa shape index (κ2) is 15.6. The van der Waals surface area contributed by atoms with Crippen LogP contribution in [0.1, 0.15) is 26.3 Å². The molecule has 2 aliphatic rings. The number of fused-ring (bicyclic) bond motifs is 22. The van der Waals surface area contributed by atoms with Crippen molar-refractivity contribution in [3.63, 3.8) is 0 Å². The molecule has 77 heavy (non-hydrogen) atoms. The number of para-hydroxylation sites is 5. The molecular weight excluding hydrogens is 960 g/mol. The van der Waals surface area contributed by atoms with E-state index >= 15 is 0 Å². The molecule has 0 N–H and O–H groups in total. The molecule has 7 heteroatoms. The number of nitrogens with zero attached hydrogens (tertiary/aromatic N) is 2. The molecule has 0 amide bonds. The smallest absolute Gasteiger partial charge is 0.259 e. The van der Waals surface area contributed by atoms with Crippen molar-refractivity contribution < 1.29 is 13.3 Å². The first-order valence-electron chi connectivity index (χ1n) is 26.5. The molecule has 0 radical (unpaired) electrons. The van der Waals surface area contributed by atoms with E-state index in [1.165, 1.54) is 36.7 Å². The van der Waals surface area contributed by atoms with Gasteiger partial charge in [0.25, 0.3) is 6.71 Å². The fourth-order valence-electron chi connectivity index (χ4n) is 13.3. The number of benzene rings is 11. The van der Waals surface area contributed by atoms with E-state index in [2.05, 4.69) is 249 Å². The lowest BCUT2D eigenvalue weighted by Crippen LogP contribution is -2.62. The molecule has 0 saturated heterocycles. The van der Waals surface area contributed by atoms with Gasteiger partial charge in [-0.1, -0.05) is 191 Å². The van der Waals surface area contributed by atoms with E-state index in [1.54, 1.807) is 0 Å². The molecule has 17 rings (SSSR count). The van der Waals surface area contributed by atoms with Gasteiger partial charge in [-0.2, -0.15) is 0 Å². The SMILES string of the molecule is CC(C)(C)c1cc2c3c(c1)N(c1ccccc1-c1ccccc1)c1c(c4sc5ccccc5c4c4c1oc1ccccc14)B3c1c(c3oc4ccccc4c3c3c1oc1ccccc13)N2c1ccccc1-c1ccccc1. The minimum atomic E-state index is -0.381. The van der Waals surface area contributed by atoms with Crippen LogP contribution in [0.5, 0.6) is 0 Å². The third-order valence-corrected chi connectivity index (χ3v) is 17.8. The molecule has 0 saturated carbocycles. The molecule has 4 aromatic heterocycles. The maximum atomic E-state index is 7.57. The Morgan fingerprint density at radius 3 is 1.32 bits per heavy atom. The number of hydrogen-bond acceptors (Lipinski definition) is 6. The van der Waals surface area contributed by atoms with Crippen LogP contribution in [0.3, 0.4) is 0 Å². The summed E-state index contributed by atoms with van der Waals surface area (Å²) in [5.41, 5.74) is 20.2. The first kappa shape index (κ1) is 43.0. The zero-order valence-electron chi connectivity index (χ0n) is 42.4. The lowest BCUT2D eigenvalue weighted by molar-refractivity contribution is 0.590. The van der Waals surface area contributed by atoms with Crippen LogP contribution in [-0.2, 0) is 5.41 Å². The second-order valence-corrected chi connectivity index (χ2v) is 22.8. The standard InChI is InChI=1S/C70H45BN2O3S/c1-70(2,3)42-38-51-61-52(39-42)73(50-33-17-11-27-44(50)41-24-8-5-9-25-41)65-63(69-60(48-31-15-21-37-56(48)77-69)59-47-30-14-20-36-55(47)76-68(59)65)71(61)62-64(72(51)49-32-16-10-26-43(49)40-22-6-4-7-23-40)67-58(46-29-13-19-35-54(46)75-67)57-45-28-12-18-34-53(45)74-66(57)62/h4-39H,1-3H3. The van der Waals surface area contributed by atoms with Crippen LogP contribution in [0.4, 0.5) is 34.1 Å². The van der Waals surface area contributed by atoms with E-state index in [9.17, 15) is 0 Å². The van der Waals surface area contributed by atoms with Gasteiger partial charge >= 0.3 is 0 Å². The van der Waals surface area contributed by atoms with Crippen molar-refractivity contribution in [3.8, 4) is 22.3 Å².